The topological polar surface area (TPSA) is 107 Å². The van der Waals surface area contributed by atoms with Crippen LogP contribution in [-0.4, -0.2) is 40.1 Å². The molecule has 1 atom stereocenters. The Labute approximate surface area is 157 Å². The average Bonchev–Trinajstić information content (AvgIpc) is 3.06. The van der Waals surface area contributed by atoms with Gasteiger partial charge in [-0.25, -0.2) is 0 Å². The van der Waals surface area contributed by atoms with Gasteiger partial charge in [-0.3, -0.25) is 9.59 Å². The van der Waals surface area contributed by atoms with Crippen molar-refractivity contribution in [1.29, 1.82) is 0 Å². The number of para-hydroxylation sites is 1. The van der Waals surface area contributed by atoms with Gasteiger partial charge in [0.2, 0.25) is 11.8 Å². The number of nitrogens with two attached hydrogens (primary N) is 1. The Kier molecular flexibility index (Phi) is 6.16. The lowest BCUT2D eigenvalue weighted by molar-refractivity contribution is -0.119. The van der Waals surface area contributed by atoms with Crippen LogP contribution in [0, 0.1) is 0 Å². The van der Waals surface area contributed by atoms with Crippen LogP contribution >= 0.6 is 34.9 Å². The van der Waals surface area contributed by atoms with Crippen molar-refractivity contribution in [2.75, 3.05) is 18.1 Å². The van der Waals surface area contributed by atoms with E-state index in [1.807, 2.05) is 24.3 Å². The van der Waals surface area contributed by atoms with Crippen LogP contribution in [0.15, 0.2) is 32.9 Å². The molecule has 1 aromatic carbocycles. The van der Waals surface area contributed by atoms with Gasteiger partial charge in [0.05, 0.1) is 24.2 Å². The minimum atomic E-state index is -0.398. The average molecular weight is 397 g/mol. The molecule has 0 saturated heterocycles. The van der Waals surface area contributed by atoms with Crippen LogP contribution < -0.4 is 15.8 Å². The van der Waals surface area contributed by atoms with Crippen molar-refractivity contribution in [3.05, 3.63) is 29.8 Å². The summed E-state index contributed by atoms with van der Waals surface area (Å²) in [5.74, 6) is 0.795. The fraction of sp³-hybridized carbons (Fsp3) is 0.333. The summed E-state index contributed by atoms with van der Waals surface area (Å²) in [6.45, 7) is 0.589. The Morgan fingerprint density at radius 2 is 1.96 bits per heavy atom. The molecular formula is C15H16N4O3S3. The first kappa shape index (κ1) is 18.0. The maximum Gasteiger partial charge on any atom is 0.230 e. The highest BCUT2D eigenvalue weighted by Crippen LogP contribution is 2.32. The van der Waals surface area contributed by atoms with E-state index in [2.05, 4.69) is 15.5 Å². The first-order valence-electron chi connectivity index (χ1n) is 7.50. The third-order valence-electron chi connectivity index (χ3n) is 3.35. The Hall–Kier alpha value is -1.78. The Balaban J connectivity index is 1.50. The van der Waals surface area contributed by atoms with Gasteiger partial charge in [-0.15, -0.1) is 10.2 Å². The quantitative estimate of drug-likeness (QED) is 0.688. The summed E-state index contributed by atoms with van der Waals surface area (Å²) in [7, 11) is 0. The van der Waals surface area contributed by atoms with E-state index in [0.717, 1.165) is 17.7 Å². The van der Waals surface area contributed by atoms with E-state index in [9.17, 15) is 9.59 Å². The van der Waals surface area contributed by atoms with Crippen molar-refractivity contribution < 1.29 is 14.3 Å². The summed E-state index contributed by atoms with van der Waals surface area (Å²) >= 11 is 3.92. The van der Waals surface area contributed by atoms with Crippen LogP contribution in [0.1, 0.15) is 18.0 Å². The molecule has 3 N–H and O–H groups in total. The van der Waals surface area contributed by atoms with E-state index in [-0.39, 0.29) is 23.5 Å². The van der Waals surface area contributed by atoms with E-state index < -0.39 is 5.91 Å². The number of hydrogen-bond acceptors (Lipinski definition) is 8. The van der Waals surface area contributed by atoms with Gasteiger partial charge >= 0.3 is 0 Å². The molecule has 1 unspecified atom stereocenters. The van der Waals surface area contributed by atoms with Gasteiger partial charge < -0.3 is 15.8 Å². The Morgan fingerprint density at radius 3 is 2.72 bits per heavy atom. The summed E-state index contributed by atoms with van der Waals surface area (Å²) in [4.78, 5) is 23.0. The maximum absolute atomic E-state index is 12.2. The first-order chi connectivity index (χ1) is 12.1. The number of nitrogens with one attached hydrogen (secondary N) is 1. The largest absolute Gasteiger partial charge is 0.493 e. The number of hydrogen-bond donors (Lipinski definition) is 2. The van der Waals surface area contributed by atoms with Crippen LogP contribution in [0.2, 0.25) is 0 Å². The molecule has 132 valence electrons. The third-order valence-corrected chi connectivity index (χ3v) is 6.56. The molecule has 0 aliphatic carbocycles. The van der Waals surface area contributed by atoms with Gasteiger partial charge in [0.25, 0.3) is 0 Å². The second kappa shape index (κ2) is 8.54. The zero-order valence-corrected chi connectivity index (χ0v) is 15.6. The van der Waals surface area contributed by atoms with Gasteiger partial charge in [0.1, 0.15) is 5.75 Å². The fourth-order valence-corrected chi connectivity index (χ4v) is 4.87. The lowest BCUT2D eigenvalue weighted by Crippen LogP contribution is -2.33. The second-order valence-electron chi connectivity index (χ2n) is 5.17. The zero-order chi connectivity index (χ0) is 17.6. The summed E-state index contributed by atoms with van der Waals surface area (Å²) < 4.78 is 6.95. The second-order valence-corrected chi connectivity index (χ2v) is 8.60. The highest BCUT2D eigenvalue weighted by atomic mass is 32.2. The van der Waals surface area contributed by atoms with Gasteiger partial charge in [-0.2, -0.15) is 0 Å². The van der Waals surface area contributed by atoms with Gasteiger partial charge in [0.15, 0.2) is 8.68 Å². The number of nitrogens with zero attached hydrogens (tertiary/aromatic N) is 2. The predicted molar refractivity (Wildman–Crippen MR) is 98.0 cm³/mol. The van der Waals surface area contributed by atoms with Crippen molar-refractivity contribution in [2.45, 2.75) is 21.1 Å². The molecular weight excluding hydrogens is 380 g/mol. The lowest BCUT2D eigenvalue weighted by Gasteiger charge is -2.26. The number of fused-ring (bicyclic) bond motifs is 1. The number of primary amides is 1. The summed E-state index contributed by atoms with van der Waals surface area (Å²) in [6.07, 6.45) is 0.750. The normalized spacial score (nSPS) is 15.9. The van der Waals surface area contributed by atoms with E-state index in [0.29, 0.717) is 15.3 Å². The van der Waals surface area contributed by atoms with Gasteiger partial charge in [-0.1, -0.05) is 53.1 Å². The fourth-order valence-electron chi connectivity index (χ4n) is 2.30. The van der Waals surface area contributed by atoms with Crippen LogP contribution in [0.5, 0.6) is 5.75 Å². The minimum Gasteiger partial charge on any atom is -0.493 e. The highest BCUT2D eigenvalue weighted by molar-refractivity contribution is 8.03. The van der Waals surface area contributed by atoms with E-state index in [4.69, 9.17) is 10.5 Å². The summed E-state index contributed by atoms with van der Waals surface area (Å²) in [5.41, 5.74) is 6.11. The molecule has 2 amide bonds. The van der Waals surface area contributed by atoms with E-state index >= 15 is 0 Å². The molecule has 0 spiro atoms. The zero-order valence-electron chi connectivity index (χ0n) is 13.1. The van der Waals surface area contributed by atoms with Crippen molar-refractivity contribution in [3.63, 3.8) is 0 Å². The van der Waals surface area contributed by atoms with E-state index in [1.165, 1.54) is 34.9 Å². The van der Waals surface area contributed by atoms with Crippen molar-refractivity contribution in [2.24, 2.45) is 5.73 Å². The molecule has 2 heterocycles. The lowest BCUT2D eigenvalue weighted by atomic mass is 10.0. The number of rotatable bonds is 7. The number of amides is 2. The molecule has 0 bridgehead atoms. The van der Waals surface area contributed by atoms with Crippen LogP contribution in [0.25, 0.3) is 0 Å². The molecule has 10 heteroatoms. The Morgan fingerprint density at radius 1 is 1.24 bits per heavy atom. The molecule has 0 saturated carbocycles. The molecule has 25 heavy (non-hydrogen) atoms. The molecule has 7 nitrogen and oxygen atoms in total. The summed E-state index contributed by atoms with van der Waals surface area (Å²) in [5, 5.41) is 11.0. The van der Waals surface area contributed by atoms with Crippen LogP contribution in [0.3, 0.4) is 0 Å². The van der Waals surface area contributed by atoms with E-state index in [1.54, 1.807) is 0 Å². The first-order valence-corrected chi connectivity index (χ1v) is 10.3. The molecule has 3 rings (SSSR count). The summed E-state index contributed by atoms with van der Waals surface area (Å²) in [6, 6.07) is 7.71. The van der Waals surface area contributed by atoms with Crippen molar-refractivity contribution >= 4 is 46.7 Å². The van der Waals surface area contributed by atoms with Crippen LogP contribution in [-0.2, 0) is 9.59 Å². The standard InChI is InChI=1S/C15H16N4O3S3/c16-12(20)7-23-14-18-19-15(25-14)24-8-13(21)17-10-5-6-22-11-4-2-1-3-9(10)11/h1-4,10H,5-8H2,(H2,16,20)(H,17,21). The maximum atomic E-state index is 12.2. The molecule has 2 aromatic rings. The van der Waals surface area contributed by atoms with Crippen LogP contribution in [0.4, 0.5) is 0 Å². The molecule has 1 aliphatic rings. The van der Waals surface area contributed by atoms with Gasteiger partial charge in [0, 0.05) is 12.0 Å². The number of thioether (sulfide) groups is 2. The SMILES string of the molecule is NC(=O)CSc1nnc(SCC(=O)NC2CCOc3ccccc32)s1. The molecule has 0 radical (unpaired) electrons. The third kappa shape index (κ3) is 5.10. The number of benzene rings is 1. The molecule has 1 aromatic heterocycles. The minimum absolute atomic E-state index is 0.0332. The van der Waals surface area contributed by atoms with Crippen molar-refractivity contribution in [1.82, 2.24) is 15.5 Å². The molecule has 1 aliphatic heterocycles. The predicted octanol–water partition coefficient (Wildman–Crippen LogP) is 1.85. The van der Waals surface area contributed by atoms with Gasteiger partial charge in [-0.05, 0) is 6.07 Å². The van der Waals surface area contributed by atoms with Crippen molar-refractivity contribution in [3.8, 4) is 5.75 Å². The number of carbonyl (C=O) groups excluding carboxylic acids is 2. The highest BCUT2D eigenvalue weighted by Gasteiger charge is 2.22. The Bertz CT molecular complexity index is 768. The smallest absolute Gasteiger partial charge is 0.230 e. The number of aromatic nitrogens is 2. The monoisotopic (exact) mass is 396 g/mol. The molecule has 0 fully saturated rings. The number of ether oxygens (including phenoxy) is 1. The number of carbonyl (C=O) groups is 2.